The second kappa shape index (κ2) is 9.49. The summed E-state index contributed by atoms with van der Waals surface area (Å²) in [6.45, 7) is 3.25. The lowest BCUT2D eigenvalue weighted by molar-refractivity contribution is -0.120. The Bertz CT molecular complexity index is 1000. The number of amides is 1. The molecule has 1 fully saturated rings. The fourth-order valence-corrected chi connectivity index (χ4v) is 5.14. The van der Waals surface area contributed by atoms with Gasteiger partial charge in [0.25, 0.3) is 0 Å². The number of nitrogens with one attached hydrogen (secondary N) is 1. The fourth-order valence-electron chi connectivity index (χ4n) is 3.83. The van der Waals surface area contributed by atoms with Gasteiger partial charge in [0, 0.05) is 29.6 Å². The molecule has 0 atom stereocenters. The van der Waals surface area contributed by atoms with Gasteiger partial charge in [0.1, 0.15) is 6.54 Å². The average molecular weight is 495 g/mol. The molecule has 162 valence electrons. The molecule has 6 nitrogen and oxygen atoms in total. The van der Waals surface area contributed by atoms with Crippen LogP contribution in [0.15, 0.2) is 53.0 Å². The number of carbonyl (C=O) groups is 1. The van der Waals surface area contributed by atoms with Crippen LogP contribution >= 0.6 is 15.9 Å². The molecule has 3 rings (SSSR count). The third-order valence-electron chi connectivity index (χ3n) is 5.58. The van der Waals surface area contributed by atoms with Gasteiger partial charge in [-0.1, -0.05) is 46.3 Å². The van der Waals surface area contributed by atoms with Gasteiger partial charge >= 0.3 is 0 Å². The maximum Gasteiger partial charge on any atom is 0.240 e. The van der Waals surface area contributed by atoms with Crippen molar-refractivity contribution in [2.24, 2.45) is 0 Å². The number of carbonyl (C=O) groups excluding carboxylic acids is 1. The lowest BCUT2D eigenvalue weighted by Crippen LogP contribution is -2.48. The number of hydrogen-bond donors (Lipinski definition) is 1. The first-order valence-electron chi connectivity index (χ1n) is 9.85. The molecule has 1 N–H and O–H groups in total. The molecule has 0 saturated carbocycles. The summed E-state index contributed by atoms with van der Waals surface area (Å²) in [5, 5.41) is 2.99. The minimum absolute atomic E-state index is 0.240. The van der Waals surface area contributed by atoms with E-state index in [1.807, 2.05) is 31.2 Å². The van der Waals surface area contributed by atoms with Gasteiger partial charge in [-0.25, -0.2) is 8.42 Å². The summed E-state index contributed by atoms with van der Waals surface area (Å²) in [6.07, 6.45) is 2.70. The Morgan fingerprint density at radius 2 is 1.87 bits per heavy atom. The Hall–Kier alpha value is -1.90. The molecule has 1 aliphatic rings. The molecule has 0 spiro atoms. The third-order valence-corrected chi connectivity index (χ3v) is 7.20. The van der Waals surface area contributed by atoms with Gasteiger partial charge in [-0.15, -0.1) is 0 Å². The molecule has 2 aromatic carbocycles. The number of ether oxygens (including phenoxy) is 1. The van der Waals surface area contributed by atoms with E-state index in [0.29, 0.717) is 25.4 Å². The quantitative estimate of drug-likeness (QED) is 0.639. The Morgan fingerprint density at radius 1 is 1.17 bits per heavy atom. The summed E-state index contributed by atoms with van der Waals surface area (Å²) < 4.78 is 32.4. The van der Waals surface area contributed by atoms with Crippen molar-refractivity contribution >= 4 is 37.5 Å². The zero-order chi connectivity index (χ0) is 21.8. The SMILES string of the molecule is Cc1ccccc1N(CC(=O)NCC1(c2cccc(Br)c2)CCOCC1)S(C)(=O)=O. The number of rotatable bonds is 7. The van der Waals surface area contributed by atoms with E-state index < -0.39 is 10.0 Å². The highest BCUT2D eigenvalue weighted by Gasteiger charge is 2.35. The van der Waals surface area contributed by atoms with Gasteiger partial charge in [0.2, 0.25) is 15.9 Å². The number of benzene rings is 2. The largest absolute Gasteiger partial charge is 0.381 e. The number of para-hydroxylation sites is 1. The summed E-state index contributed by atoms with van der Waals surface area (Å²) in [6, 6.07) is 15.3. The van der Waals surface area contributed by atoms with Crippen LogP contribution in [0.4, 0.5) is 5.69 Å². The van der Waals surface area contributed by atoms with Gasteiger partial charge in [0.05, 0.1) is 11.9 Å². The fraction of sp³-hybridized carbons (Fsp3) is 0.409. The van der Waals surface area contributed by atoms with Crippen LogP contribution in [0.5, 0.6) is 0 Å². The zero-order valence-electron chi connectivity index (χ0n) is 17.2. The molecule has 8 heteroatoms. The Balaban J connectivity index is 1.77. The van der Waals surface area contributed by atoms with E-state index in [1.165, 1.54) is 0 Å². The van der Waals surface area contributed by atoms with Gasteiger partial charge in [0.15, 0.2) is 0 Å². The normalized spacial score (nSPS) is 16.1. The molecular formula is C22H27BrN2O4S. The topological polar surface area (TPSA) is 75.7 Å². The van der Waals surface area contributed by atoms with Crippen LogP contribution in [0.1, 0.15) is 24.0 Å². The van der Waals surface area contributed by atoms with Crippen molar-refractivity contribution in [3.05, 3.63) is 64.1 Å². The Morgan fingerprint density at radius 3 is 2.50 bits per heavy atom. The maximum absolute atomic E-state index is 12.8. The molecular weight excluding hydrogens is 468 g/mol. The van der Waals surface area contributed by atoms with Gasteiger partial charge in [-0.05, 0) is 49.1 Å². The molecule has 1 amide bonds. The average Bonchev–Trinajstić information content (AvgIpc) is 2.71. The number of aryl methyl sites for hydroxylation is 1. The first-order chi connectivity index (χ1) is 14.2. The summed E-state index contributed by atoms with van der Waals surface area (Å²) in [5.41, 5.74) is 2.21. The third kappa shape index (κ3) is 5.42. The molecule has 0 unspecified atom stereocenters. The van der Waals surface area contributed by atoms with Crippen molar-refractivity contribution in [1.82, 2.24) is 5.32 Å². The van der Waals surface area contributed by atoms with Crippen LogP contribution in [0.2, 0.25) is 0 Å². The van der Waals surface area contributed by atoms with Crippen molar-refractivity contribution in [3.8, 4) is 0 Å². The molecule has 30 heavy (non-hydrogen) atoms. The van der Waals surface area contributed by atoms with E-state index in [4.69, 9.17) is 4.74 Å². The van der Waals surface area contributed by atoms with E-state index in [0.717, 1.165) is 39.0 Å². The molecule has 2 aromatic rings. The molecule has 0 bridgehead atoms. The van der Waals surface area contributed by atoms with Crippen LogP contribution < -0.4 is 9.62 Å². The van der Waals surface area contributed by atoms with Crippen molar-refractivity contribution in [3.63, 3.8) is 0 Å². The molecule has 1 aliphatic heterocycles. The van der Waals surface area contributed by atoms with Gasteiger partial charge in [-0.3, -0.25) is 9.10 Å². The van der Waals surface area contributed by atoms with E-state index >= 15 is 0 Å². The van der Waals surface area contributed by atoms with Gasteiger partial charge in [-0.2, -0.15) is 0 Å². The summed E-state index contributed by atoms with van der Waals surface area (Å²) in [5.74, 6) is -0.329. The minimum atomic E-state index is -3.61. The van der Waals surface area contributed by atoms with Crippen molar-refractivity contribution in [1.29, 1.82) is 0 Å². The highest BCUT2D eigenvalue weighted by molar-refractivity contribution is 9.10. The van der Waals surface area contributed by atoms with E-state index in [2.05, 4.69) is 33.4 Å². The first kappa shape index (κ1) is 22.8. The molecule has 0 radical (unpaired) electrons. The summed E-state index contributed by atoms with van der Waals surface area (Å²) >= 11 is 3.53. The van der Waals surface area contributed by atoms with E-state index in [9.17, 15) is 13.2 Å². The monoisotopic (exact) mass is 494 g/mol. The smallest absolute Gasteiger partial charge is 0.240 e. The van der Waals surface area contributed by atoms with E-state index in [1.54, 1.807) is 12.1 Å². The summed E-state index contributed by atoms with van der Waals surface area (Å²) in [4.78, 5) is 12.8. The highest BCUT2D eigenvalue weighted by Crippen LogP contribution is 2.35. The highest BCUT2D eigenvalue weighted by atomic mass is 79.9. The number of hydrogen-bond acceptors (Lipinski definition) is 4. The lowest BCUT2D eigenvalue weighted by atomic mass is 9.74. The molecule has 0 aromatic heterocycles. The molecule has 1 saturated heterocycles. The van der Waals surface area contributed by atoms with Crippen LogP contribution in [0.3, 0.4) is 0 Å². The van der Waals surface area contributed by atoms with Crippen molar-refractivity contribution in [2.75, 3.05) is 36.9 Å². The predicted octanol–water partition coefficient (Wildman–Crippen LogP) is 3.39. The van der Waals surface area contributed by atoms with Crippen LogP contribution in [0, 0.1) is 6.92 Å². The molecule has 1 heterocycles. The van der Waals surface area contributed by atoms with Crippen LogP contribution in [-0.4, -0.2) is 46.9 Å². The summed E-state index contributed by atoms with van der Waals surface area (Å²) in [7, 11) is -3.61. The number of halogens is 1. The Labute approximate surface area is 186 Å². The van der Waals surface area contributed by atoms with Crippen molar-refractivity contribution in [2.45, 2.75) is 25.2 Å². The zero-order valence-corrected chi connectivity index (χ0v) is 19.6. The minimum Gasteiger partial charge on any atom is -0.381 e. The Kier molecular flexibility index (Phi) is 7.21. The first-order valence-corrected chi connectivity index (χ1v) is 12.5. The predicted molar refractivity (Wildman–Crippen MR) is 122 cm³/mol. The number of anilines is 1. The van der Waals surface area contributed by atoms with E-state index in [-0.39, 0.29) is 17.9 Å². The number of sulfonamides is 1. The number of nitrogens with zero attached hydrogens (tertiary/aromatic N) is 1. The molecule has 0 aliphatic carbocycles. The standard InChI is InChI=1S/C22H27BrN2O4S/c1-17-6-3-4-9-20(17)25(30(2,27)28)15-21(26)24-16-22(10-12-29-13-11-22)18-7-5-8-19(23)14-18/h3-9,14H,10-13,15-16H2,1-2H3,(H,24,26). The van der Waals surface area contributed by atoms with Crippen LogP contribution in [-0.2, 0) is 25.0 Å². The second-order valence-corrected chi connectivity index (χ2v) is 10.6. The maximum atomic E-state index is 12.8. The second-order valence-electron chi connectivity index (χ2n) is 7.74. The van der Waals surface area contributed by atoms with Crippen LogP contribution in [0.25, 0.3) is 0 Å². The lowest BCUT2D eigenvalue weighted by Gasteiger charge is -2.38. The van der Waals surface area contributed by atoms with Crippen molar-refractivity contribution < 1.29 is 17.9 Å². The van der Waals surface area contributed by atoms with Gasteiger partial charge < -0.3 is 10.1 Å².